The molecule has 2 unspecified atom stereocenters. The van der Waals surface area contributed by atoms with E-state index in [0.29, 0.717) is 6.54 Å². The van der Waals surface area contributed by atoms with Crippen molar-refractivity contribution in [1.82, 2.24) is 4.90 Å². The molecule has 4 heteroatoms. The van der Waals surface area contributed by atoms with E-state index < -0.39 is 0 Å². The first-order valence-electron chi connectivity index (χ1n) is 6.47. The van der Waals surface area contributed by atoms with E-state index in [0.717, 1.165) is 31.6 Å². The zero-order valence-electron chi connectivity index (χ0n) is 10.8. The lowest BCUT2D eigenvalue weighted by atomic mass is 10.1. The minimum atomic E-state index is -0.198. The van der Waals surface area contributed by atoms with Crippen LogP contribution in [0.1, 0.15) is 18.4 Å². The summed E-state index contributed by atoms with van der Waals surface area (Å²) in [6, 6.07) is 6.85. The summed E-state index contributed by atoms with van der Waals surface area (Å²) in [6.45, 7) is 2.19. The molecule has 1 aromatic carbocycles. The molecule has 0 aromatic heterocycles. The fraction of sp³-hybridized carbons (Fsp3) is 0.571. The highest BCUT2D eigenvalue weighted by Crippen LogP contribution is 2.19. The van der Waals surface area contributed by atoms with Crippen LogP contribution in [0, 0.1) is 5.82 Å². The van der Waals surface area contributed by atoms with Crippen LogP contribution in [-0.4, -0.2) is 37.2 Å². The third-order valence-corrected chi connectivity index (χ3v) is 3.55. The first-order valence-corrected chi connectivity index (χ1v) is 6.47. The molecule has 0 amide bonds. The third kappa shape index (κ3) is 3.28. The molecule has 100 valence electrons. The van der Waals surface area contributed by atoms with E-state index in [2.05, 4.69) is 4.90 Å². The van der Waals surface area contributed by atoms with Crippen molar-refractivity contribution in [3.8, 4) is 0 Å². The predicted octanol–water partition coefficient (Wildman–Crippen LogP) is 1.76. The summed E-state index contributed by atoms with van der Waals surface area (Å²) in [5, 5.41) is 0. The SMILES string of the molecule is CN(Cc1ccc(F)cc1)C(CN)C1CCCO1. The first kappa shape index (κ1) is 13.5. The number of hydrogen-bond donors (Lipinski definition) is 1. The average Bonchev–Trinajstić information content (AvgIpc) is 2.87. The number of hydrogen-bond acceptors (Lipinski definition) is 3. The van der Waals surface area contributed by atoms with Gasteiger partial charge in [-0.15, -0.1) is 0 Å². The average molecular weight is 252 g/mol. The van der Waals surface area contributed by atoms with Crippen LogP contribution in [0.15, 0.2) is 24.3 Å². The summed E-state index contributed by atoms with van der Waals surface area (Å²) >= 11 is 0. The maximum atomic E-state index is 12.8. The maximum absolute atomic E-state index is 12.8. The number of nitrogens with two attached hydrogens (primary N) is 1. The van der Waals surface area contributed by atoms with Gasteiger partial charge in [-0.2, -0.15) is 0 Å². The molecule has 2 N–H and O–H groups in total. The molecule has 0 bridgehead atoms. The fourth-order valence-corrected chi connectivity index (χ4v) is 2.52. The summed E-state index contributed by atoms with van der Waals surface area (Å²) in [6.07, 6.45) is 2.43. The van der Waals surface area contributed by atoms with Crippen molar-refractivity contribution in [2.45, 2.75) is 31.5 Å². The molecular formula is C14H21FN2O. The molecule has 0 saturated carbocycles. The van der Waals surface area contributed by atoms with Gasteiger partial charge in [0.05, 0.1) is 6.10 Å². The second kappa shape index (κ2) is 6.27. The summed E-state index contributed by atoms with van der Waals surface area (Å²) in [5.41, 5.74) is 6.94. The van der Waals surface area contributed by atoms with Gasteiger partial charge in [0.2, 0.25) is 0 Å². The van der Waals surface area contributed by atoms with Crippen molar-refractivity contribution >= 4 is 0 Å². The highest BCUT2D eigenvalue weighted by Gasteiger charge is 2.27. The smallest absolute Gasteiger partial charge is 0.123 e. The lowest BCUT2D eigenvalue weighted by Gasteiger charge is -2.31. The van der Waals surface area contributed by atoms with E-state index in [-0.39, 0.29) is 18.0 Å². The summed E-state index contributed by atoms with van der Waals surface area (Å²) < 4.78 is 18.5. The van der Waals surface area contributed by atoms with Gasteiger partial charge in [0.1, 0.15) is 5.82 Å². The Hall–Kier alpha value is -0.970. The standard InChI is InChI=1S/C14H21FN2O/c1-17(10-11-4-6-12(15)7-5-11)13(9-16)14-3-2-8-18-14/h4-7,13-14H,2-3,8-10,16H2,1H3. The molecule has 1 aromatic rings. The van der Waals surface area contributed by atoms with Crippen LogP contribution < -0.4 is 5.73 Å². The first-order chi connectivity index (χ1) is 8.70. The Morgan fingerprint density at radius 3 is 2.72 bits per heavy atom. The summed E-state index contributed by atoms with van der Waals surface area (Å²) in [5.74, 6) is -0.198. The topological polar surface area (TPSA) is 38.5 Å². The number of nitrogens with zero attached hydrogens (tertiary/aromatic N) is 1. The van der Waals surface area contributed by atoms with Crippen molar-refractivity contribution in [1.29, 1.82) is 0 Å². The van der Waals surface area contributed by atoms with E-state index in [1.165, 1.54) is 12.1 Å². The number of rotatable bonds is 5. The van der Waals surface area contributed by atoms with Gasteiger partial charge in [-0.3, -0.25) is 4.90 Å². The Kier molecular flexibility index (Phi) is 4.69. The number of likely N-dealkylation sites (N-methyl/N-ethyl adjacent to an activating group) is 1. The van der Waals surface area contributed by atoms with Crippen molar-refractivity contribution < 1.29 is 9.13 Å². The van der Waals surface area contributed by atoms with Crippen LogP contribution in [0.5, 0.6) is 0 Å². The minimum Gasteiger partial charge on any atom is -0.377 e. The Bertz CT molecular complexity index is 363. The molecular weight excluding hydrogens is 231 g/mol. The minimum absolute atomic E-state index is 0.198. The lowest BCUT2D eigenvalue weighted by Crippen LogP contribution is -2.45. The molecule has 1 saturated heterocycles. The molecule has 3 nitrogen and oxygen atoms in total. The number of halogens is 1. The Morgan fingerprint density at radius 2 is 2.17 bits per heavy atom. The van der Waals surface area contributed by atoms with Crippen molar-refractivity contribution in [3.63, 3.8) is 0 Å². The molecule has 1 heterocycles. The molecule has 2 rings (SSSR count). The highest BCUT2D eigenvalue weighted by molar-refractivity contribution is 5.16. The molecule has 1 aliphatic rings. The van der Waals surface area contributed by atoms with E-state index in [4.69, 9.17) is 10.5 Å². The largest absolute Gasteiger partial charge is 0.377 e. The Labute approximate surface area is 108 Å². The van der Waals surface area contributed by atoms with Crippen LogP contribution in [0.2, 0.25) is 0 Å². The van der Waals surface area contributed by atoms with E-state index >= 15 is 0 Å². The lowest BCUT2D eigenvalue weighted by molar-refractivity contribution is 0.0347. The van der Waals surface area contributed by atoms with Gasteiger partial charge < -0.3 is 10.5 Å². The fourth-order valence-electron chi connectivity index (χ4n) is 2.52. The normalized spacial score (nSPS) is 21.4. The molecule has 2 atom stereocenters. The highest BCUT2D eigenvalue weighted by atomic mass is 19.1. The Morgan fingerprint density at radius 1 is 1.44 bits per heavy atom. The van der Waals surface area contributed by atoms with Crippen LogP contribution in [0.3, 0.4) is 0 Å². The molecule has 0 spiro atoms. The monoisotopic (exact) mass is 252 g/mol. The van der Waals surface area contributed by atoms with Crippen molar-refractivity contribution in [2.75, 3.05) is 20.2 Å². The van der Waals surface area contributed by atoms with E-state index in [9.17, 15) is 4.39 Å². The predicted molar refractivity (Wildman–Crippen MR) is 69.7 cm³/mol. The second-order valence-corrected chi connectivity index (χ2v) is 4.90. The quantitative estimate of drug-likeness (QED) is 0.868. The summed E-state index contributed by atoms with van der Waals surface area (Å²) in [7, 11) is 2.04. The molecule has 0 aliphatic carbocycles. The third-order valence-electron chi connectivity index (χ3n) is 3.55. The van der Waals surface area contributed by atoms with Gasteiger partial charge in [0, 0.05) is 25.7 Å². The molecule has 18 heavy (non-hydrogen) atoms. The van der Waals surface area contributed by atoms with Crippen LogP contribution in [0.4, 0.5) is 4.39 Å². The zero-order chi connectivity index (χ0) is 13.0. The van der Waals surface area contributed by atoms with E-state index in [1.54, 1.807) is 0 Å². The van der Waals surface area contributed by atoms with Gasteiger partial charge in [-0.1, -0.05) is 12.1 Å². The van der Waals surface area contributed by atoms with Crippen molar-refractivity contribution in [3.05, 3.63) is 35.6 Å². The van der Waals surface area contributed by atoms with Crippen molar-refractivity contribution in [2.24, 2.45) is 5.73 Å². The van der Waals surface area contributed by atoms with Crippen LogP contribution >= 0.6 is 0 Å². The number of benzene rings is 1. The van der Waals surface area contributed by atoms with E-state index in [1.807, 2.05) is 19.2 Å². The molecule has 0 radical (unpaired) electrons. The van der Waals surface area contributed by atoms with Crippen LogP contribution in [-0.2, 0) is 11.3 Å². The van der Waals surface area contributed by atoms with Gasteiger partial charge >= 0.3 is 0 Å². The van der Waals surface area contributed by atoms with Gasteiger partial charge in [0.15, 0.2) is 0 Å². The second-order valence-electron chi connectivity index (χ2n) is 4.90. The van der Waals surface area contributed by atoms with Crippen LogP contribution in [0.25, 0.3) is 0 Å². The van der Waals surface area contributed by atoms with Gasteiger partial charge in [-0.05, 0) is 37.6 Å². The number of ether oxygens (including phenoxy) is 1. The van der Waals surface area contributed by atoms with Gasteiger partial charge in [0.25, 0.3) is 0 Å². The zero-order valence-corrected chi connectivity index (χ0v) is 10.8. The Balaban J connectivity index is 1.96. The molecule has 1 fully saturated rings. The maximum Gasteiger partial charge on any atom is 0.123 e. The molecule has 1 aliphatic heterocycles. The van der Waals surface area contributed by atoms with Gasteiger partial charge in [-0.25, -0.2) is 4.39 Å². The summed E-state index contributed by atoms with van der Waals surface area (Å²) in [4.78, 5) is 2.20.